The number of nitrogens with one attached hydrogen (secondary N) is 2. The first-order valence-corrected chi connectivity index (χ1v) is 8.27. The molecule has 2 N–H and O–H groups in total. The van der Waals surface area contributed by atoms with E-state index >= 15 is 0 Å². The number of aromatic amines is 1. The first-order valence-electron chi connectivity index (χ1n) is 8.27. The van der Waals surface area contributed by atoms with E-state index in [0.717, 1.165) is 6.54 Å². The third-order valence-electron chi connectivity index (χ3n) is 5.30. The number of nitrogens with zero attached hydrogens (tertiary/aromatic N) is 2. The Morgan fingerprint density at radius 1 is 1.23 bits per heavy atom. The van der Waals surface area contributed by atoms with E-state index in [-0.39, 0.29) is 0 Å². The van der Waals surface area contributed by atoms with Crippen molar-refractivity contribution in [2.24, 2.45) is 5.41 Å². The van der Waals surface area contributed by atoms with Crippen LogP contribution in [0.1, 0.15) is 24.0 Å². The lowest BCUT2D eigenvalue weighted by Gasteiger charge is -2.22. The molecule has 2 aliphatic heterocycles. The van der Waals surface area contributed by atoms with Crippen molar-refractivity contribution in [1.82, 2.24) is 20.4 Å². The highest BCUT2D eigenvalue weighted by Crippen LogP contribution is 2.37. The van der Waals surface area contributed by atoms with Crippen LogP contribution in [-0.2, 0) is 6.54 Å². The SMILES string of the molecule is Cc1ccc(-c2[nH]ncc2CN2CCC3(CCNC3)C2)cc1. The molecule has 0 saturated carbocycles. The summed E-state index contributed by atoms with van der Waals surface area (Å²) in [6.45, 7) is 7.94. The summed E-state index contributed by atoms with van der Waals surface area (Å²) in [6.07, 6.45) is 4.66. The lowest BCUT2D eigenvalue weighted by Crippen LogP contribution is -2.28. The van der Waals surface area contributed by atoms with Crippen molar-refractivity contribution in [3.8, 4) is 11.3 Å². The second kappa shape index (κ2) is 5.52. The van der Waals surface area contributed by atoms with E-state index in [9.17, 15) is 0 Å². The molecule has 1 unspecified atom stereocenters. The minimum absolute atomic E-state index is 0.535. The smallest absolute Gasteiger partial charge is 0.0695 e. The summed E-state index contributed by atoms with van der Waals surface area (Å²) in [5.74, 6) is 0. The molecule has 22 heavy (non-hydrogen) atoms. The second-order valence-electron chi connectivity index (χ2n) is 7.02. The van der Waals surface area contributed by atoms with Gasteiger partial charge in [0.15, 0.2) is 0 Å². The first kappa shape index (κ1) is 14.0. The van der Waals surface area contributed by atoms with Gasteiger partial charge in [-0.25, -0.2) is 0 Å². The van der Waals surface area contributed by atoms with E-state index in [1.807, 2.05) is 6.20 Å². The Morgan fingerprint density at radius 3 is 2.86 bits per heavy atom. The number of H-pyrrole nitrogens is 1. The monoisotopic (exact) mass is 296 g/mol. The minimum Gasteiger partial charge on any atom is -0.316 e. The molecule has 2 aromatic rings. The van der Waals surface area contributed by atoms with Crippen LogP contribution in [0, 0.1) is 12.3 Å². The van der Waals surface area contributed by atoms with Gasteiger partial charge in [0.05, 0.1) is 11.9 Å². The molecule has 4 nitrogen and oxygen atoms in total. The molecule has 0 bridgehead atoms. The van der Waals surface area contributed by atoms with Gasteiger partial charge < -0.3 is 5.32 Å². The summed E-state index contributed by atoms with van der Waals surface area (Å²) in [6, 6.07) is 8.68. The van der Waals surface area contributed by atoms with Crippen molar-refractivity contribution >= 4 is 0 Å². The molecule has 3 heterocycles. The van der Waals surface area contributed by atoms with Gasteiger partial charge in [0.1, 0.15) is 0 Å². The number of benzene rings is 1. The van der Waals surface area contributed by atoms with Crippen LogP contribution in [0.4, 0.5) is 0 Å². The third-order valence-corrected chi connectivity index (χ3v) is 5.30. The summed E-state index contributed by atoms with van der Waals surface area (Å²) in [5, 5.41) is 11.0. The van der Waals surface area contributed by atoms with Crippen molar-refractivity contribution in [2.75, 3.05) is 26.2 Å². The van der Waals surface area contributed by atoms with Crippen LogP contribution in [0.2, 0.25) is 0 Å². The molecule has 1 spiro atoms. The molecular weight excluding hydrogens is 272 g/mol. The predicted octanol–water partition coefficient (Wildman–Crippen LogP) is 2.57. The zero-order chi connectivity index (χ0) is 15.0. The minimum atomic E-state index is 0.535. The lowest BCUT2D eigenvalue weighted by molar-refractivity contribution is 0.269. The Morgan fingerprint density at radius 2 is 2.09 bits per heavy atom. The fourth-order valence-corrected chi connectivity index (χ4v) is 3.95. The summed E-state index contributed by atoms with van der Waals surface area (Å²) in [4.78, 5) is 2.59. The summed E-state index contributed by atoms with van der Waals surface area (Å²) in [7, 11) is 0. The van der Waals surface area contributed by atoms with Gasteiger partial charge in [0, 0.05) is 25.2 Å². The molecule has 2 saturated heterocycles. The van der Waals surface area contributed by atoms with E-state index in [1.165, 1.54) is 61.4 Å². The number of aromatic nitrogens is 2. The molecule has 1 aromatic carbocycles. The third kappa shape index (κ3) is 2.57. The van der Waals surface area contributed by atoms with Gasteiger partial charge in [-0.3, -0.25) is 10.00 Å². The van der Waals surface area contributed by atoms with E-state index in [0.29, 0.717) is 5.41 Å². The van der Waals surface area contributed by atoms with Gasteiger partial charge in [-0.1, -0.05) is 29.8 Å². The Hall–Kier alpha value is -1.65. The average molecular weight is 296 g/mol. The van der Waals surface area contributed by atoms with Crippen molar-refractivity contribution in [2.45, 2.75) is 26.3 Å². The molecule has 4 rings (SSSR count). The Kier molecular flexibility index (Phi) is 3.51. The van der Waals surface area contributed by atoms with Gasteiger partial charge in [0.2, 0.25) is 0 Å². The maximum Gasteiger partial charge on any atom is 0.0695 e. The Balaban J connectivity index is 1.50. The zero-order valence-corrected chi connectivity index (χ0v) is 13.2. The maximum atomic E-state index is 4.29. The van der Waals surface area contributed by atoms with Gasteiger partial charge in [-0.15, -0.1) is 0 Å². The fourth-order valence-electron chi connectivity index (χ4n) is 3.95. The standard InChI is InChI=1S/C18H24N4/c1-14-2-4-15(5-3-14)17-16(10-20-21-17)11-22-9-7-18(13-22)6-8-19-12-18/h2-5,10,19H,6-9,11-13H2,1H3,(H,20,21). The van der Waals surface area contributed by atoms with Gasteiger partial charge >= 0.3 is 0 Å². The molecule has 1 aromatic heterocycles. The van der Waals surface area contributed by atoms with Crippen LogP contribution >= 0.6 is 0 Å². The number of rotatable bonds is 3. The molecular formula is C18H24N4. The van der Waals surface area contributed by atoms with Crippen LogP contribution in [-0.4, -0.2) is 41.3 Å². The van der Waals surface area contributed by atoms with Crippen molar-refractivity contribution < 1.29 is 0 Å². The number of aryl methyl sites for hydroxylation is 1. The van der Waals surface area contributed by atoms with Crippen molar-refractivity contribution in [3.63, 3.8) is 0 Å². The maximum absolute atomic E-state index is 4.29. The summed E-state index contributed by atoms with van der Waals surface area (Å²) in [5.41, 5.74) is 5.54. The zero-order valence-electron chi connectivity index (χ0n) is 13.2. The van der Waals surface area contributed by atoms with Crippen LogP contribution < -0.4 is 5.32 Å². The molecule has 0 aliphatic carbocycles. The van der Waals surface area contributed by atoms with E-state index in [2.05, 4.69) is 51.6 Å². The molecule has 2 fully saturated rings. The second-order valence-corrected chi connectivity index (χ2v) is 7.02. The van der Waals surface area contributed by atoms with Crippen LogP contribution in [0.3, 0.4) is 0 Å². The topological polar surface area (TPSA) is 44.0 Å². The van der Waals surface area contributed by atoms with Crippen molar-refractivity contribution in [1.29, 1.82) is 0 Å². The van der Waals surface area contributed by atoms with Crippen LogP contribution in [0.5, 0.6) is 0 Å². The van der Waals surface area contributed by atoms with Gasteiger partial charge in [-0.2, -0.15) is 5.10 Å². The van der Waals surface area contributed by atoms with Gasteiger partial charge in [-0.05, 0) is 43.8 Å². The van der Waals surface area contributed by atoms with E-state index < -0.39 is 0 Å². The first-order chi connectivity index (χ1) is 10.7. The molecule has 2 aliphatic rings. The Labute approximate surface area is 131 Å². The largest absolute Gasteiger partial charge is 0.316 e. The predicted molar refractivity (Wildman–Crippen MR) is 88.6 cm³/mol. The van der Waals surface area contributed by atoms with Crippen molar-refractivity contribution in [3.05, 3.63) is 41.6 Å². The lowest BCUT2D eigenvalue weighted by atomic mass is 9.86. The highest BCUT2D eigenvalue weighted by Gasteiger charge is 2.40. The summed E-state index contributed by atoms with van der Waals surface area (Å²) < 4.78 is 0. The van der Waals surface area contributed by atoms with E-state index in [1.54, 1.807) is 0 Å². The molecule has 0 radical (unpaired) electrons. The van der Waals surface area contributed by atoms with Crippen LogP contribution in [0.25, 0.3) is 11.3 Å². The van der Waals surface area contributed by atoms with Gasteiger partial charge in [0.25, 0.3) is 0 Å². The number of hydrogen-bond acceptors (Lipinski definition) is 3. The van der Waals surface area contributed by atoms with Crippen LogP contribution in [0.15, 0.2) is 30.5 Å². The molecule has 116 valence electrons. The normalized spacial score (nSPS) is 25.3. The quantitative estimate of drug-likeness (QED) is 0.915. The molecule has 4 heteroatoms. The fraction of sp³-hybridized carbons (Fsp3) is 0.500. The number of likely N-dealkylation sites (tertiary alicyclic amines) is 1. The Bertz CT molecular complexity index is 637. The highest BCUT2D eigenvalue weighted by atomic mass is 15.2. The highest BCUT2D eigenvalue weighted by molar-refractivity contribution is 5.62. The molecule has 0 amide bonds. The molecule has 1 atom stereocenters. The number of hydrogen-bond donors (Lipinski definition) is 2. The average Bonchev–Trinajstić information content (AvgIpc) is 3.24. The van der Waals surface area contributed by atoms with E-state index in [4.69, 9.17) is 0 Å². The summed E-state index contributed by atoms with van der Waals surface area (Å²) >= 11 is 0.